The van der Waals surface area contributed by atoms with Gasteiger partial charge in [-0.15, -0.1) is 11.8 Å². The average Bonchev–Trinajstić information content (AvgIpc) is 3.32. The minimum absolute atomic E-state index is 0.0349. The summed E-state index contributed by atoms with van der Waals surface area (Å²) in [6.45, 7) is 6.37. The van der Waals surface area contributed by atoms with Crippen molar-refractivity contribution < 1.29 is 135 Å². The minimum atomic E-state index is -7.21. The number of carbonyl (C=O) groups excluding carboxylic acids is 2. The van der Waals surface area contributed by atoms with E-state index in [1.54, 1.807) is 30.3 Å². The Morgan fingerprint density at radius 3 is 1.26 bits per heavy atom. The molecule has 4 aromatic rings. The monoisotopic (exact) mass is 1250 g/mol. The van der Waals surface area contributed by atoms with Crippen molar-refractivity contribution in [2.24, 2.45) is 0 Å². The molecule has 0 aliphatic heterocycles. The van der Waals surface area contributed by atoms with Gasteiger partial charge in [0.05, 0.1) is 5.56 Å². The fraction of sp³-hybridized carbons (Fsp3) is 0.268. The molecule has 0 spiro atoms. The Hall–Kier alpha value is -6.12. The fourth-order valence-electron chi connectivity index (χ4n) is 5.00. The molecule has 0 bridgehead atoms. The molecule has 0 unspecified atom stereocenters. The van der Waals surface area contributed by atoms with Crippen LogP contribution in [-0.2, 0) is 60.1 Å². The number of hydrogen-bond donors (Lipinski definition) is 2. The van der Waals surface area contributed by atoms with Crippen LogP contribution in [0.15, 0.2) is 115 Å². The van der Waals surface area contributed by atoms with Crippen LogP contribution in [0, 0.1) is 0 Å². The molecule has 0 atom stereocenters. The second-order valence-corrected chi connectivity index (χ2v) is 23.6. The summed E-state index contributed by atoms with van der Waals surface area (Å²) in [6.07, 6.45) is 3.48. The summed E-state index contributed by atoms with van der Waals surface area (Å²) in [4.78, 5) is 24.3. The van der Waals surface area contributed by atoms with Gasteiger partial charge in [0.1, 0.15) is 35.4 Å². The number of halogens is 12. The molecule has 0 radical (unpaired) electrons. The van der Waals surface area contributed by atoms with E-state index in [4.69, 9.17) is 22.8 Å². The van der Waals surface area contributed by atoms with E-state index in [1.165, 1.54) is 30.3 Å². The van der Waals surface area contributed by atoms with Crippen molar-refractivity contribution in [3.63, 3.8) is 0 Å². The van der Waals surface area contributed by atoms with Crippen LogP contribution in [0.1, 0.15) is 34.3 Å². The molecule has 37 heteroatoms. The predicted molar refractivity (Wildman–Crippen MR) is 248 cm³/mol. The zero-order valence-corrected chi connectivity index (χ0v) is 43.1. The summed E-state index contributed by atoms with van der Waals surface area (Å²) < 4.78 is 313. The predicted octanol–water partition coefficient (Wildman–Crippen LogP) is 8.54. The van der Waals surface area contributed by atoms with E-state index in [9.17, 15) is 104 Å². The number of ether oxygens (including phenoxy) is 2. The SMILES string of the molecule is C=Cc1ccc(OC(=O)CCCSc2ccc(OS(=O)(=O)C(F)(F)C(F)(F)C(F)(F)S(=O)(=O)O)cc2)cc1.C=Cc1ccc(OS(=O)(=O)CCOC(=O)c2ccc(OS(=O)(=O)C(F)(F)C(F)(F)C(F)(F)S(=O)(=O)O)cc2)cc1. The molecule has 0 saturated heterocycles. The summed E-state index contributed by atoms with van der Waals surface area (Å²) >= 11 is 1.13. The molecule has 0 aliphatic rings. The molecule has 432 valence electrons. The van der Waals surface area contributed by atoms with Gasteiger partial charge >= 0.3 is 95.4 Å². The number of alkyl halides is 12. The third kappa shape index (κ3) is 15.4. The summed E-state index contributed by atoms with van der Waals surface area (Å²) in [5.41, 5.74) is 1.05. The maximum Gasteiger partial charge on any atom is 0.450 e. The van der Waals surface area contributed by atoms with Gasteiger partial charge < -0.3 is 22.0 Å². The molecular formula is C41H34F12O19S6. The lowest BCUT2D eigenvalue weighted by molar-refractivity contribution is -0.247. The maximum absolute atomic E-state index is 13.8. The van der Waals surface area contributed by atoms with E-state index in [0.717, 1.165) is 41.6 Å². The van der Waals surface area contributed by atoms with Crippen molar-refractivity contribution in [2.45, 2.75) is 50.6 Å². The van der Waals surface area contributed by atoms with Crippen LogP contribution in [0.4, 0.5) is 52.7 Å². The Kier molecular flexibility index (Phi) is 20.8. The van der Waals surface area contributed by atoms with Crippen molar-refractivity contribution >= 4 is 86.4 Å². The van der Waals surface area contributed by atoms with E-state index in [1.807, 2.05) is 0 Å². The van der Waals surface area contributed by atoms with E-state index in [-0.39, 0.29) is 12.2 Å². The Morgan fingerprint density at radius 2 is 0.872 bits per heavy atom. The highest BCUT2D eigenvalue weighted by Crippen LogP contribution is 2.52. The van der Waals surface area contributed by atoms with Gasteiger partial charge in [-0.3, -0.25) is 13.9 Å². The molecule has 0 fully saturated rings. The summed E-state index contributed by atoms with van der Waals surface area (Å²) in [7, 11) is -32.5. The molecule has 0 heterocycles. The van der Waals surface area contributed by atoms with Crippen molar-refractivity contribution in [1.82, 2.24) is 0 Å². The number of carbonyl (C=O) groups is 2. The van der Waals surface area contributed by atoms with Crippen LogP contribution in [0.5, 0.6) is 23.0 Å². The highest BCUT2D eigenvalue weighted by atomic mass is 32.2. The van der Waals surface area contributed by atoms with Gasteiger partial charge in [-0.2, -0.15) is 94.8 Å². The molecule has 4 aromatic carbocycles. The van der Waals surface area contributed by atoms with Gasteiger partial charge in [-0.05, 0) is 96.1 Å². The van der Waals surface area contributed by atoms with E-state index >= 15 is 0 Å². The summed E-state index contributed by atoms with van der Waals surface area (Å²) in [5.74, 6) is -18.4. The molecule has 19 nitrogen and oxygen atoms in total. The molecular weight excluding hydrogens is 1220 g/mol. The molecule has 2 N–H and O–H groups in total. The van der Waals surface area contributed by atoms with Crippen molar-refractivity contribution in [3.8, 4) is 23.0 Å². The second kappa shape index (κ2) is 24.5. The Balaban J connectivity index is 0.000000411. The highest BCUT2D eigenvalue weighted by molar-refractivity contribution is 7.99. The molecule has 0 amide bonds. The topological polar surface area (TPSA) is 291 Å². The molecule has 4 rings (SSSR count). The Bertz CT molecular complexity index is 3390. The van der Waals surface area contributed by atoms with Crippen LogP contribution in [0.3, 0.4) is 0 Å². The van der Waals surface area contributed by atoms with Crippen LogP contribution < -0.4 is 17.3 Å². The summed E-state index contributed by atoms with van der Waals surface area (Å²) in [6, 6.07) is 18.1. The summed E-state index contributed by atoms with van der Waals surface area (Å²) in [5, 5.41) is -27.5. The first-order valence-electron chi connectivity index (χ1n) is 20.1. The molecule has 0 aromatic heterocycles. The number of thioether (sulfide) groups is 1. The zero-order valence-electron chi connectivity index (χ0n) is 38.2. The smallest absolute Gasteiger partial charge is 0.450 e. The zero-order chi connectivity index (χ0) is 59.8. The lowest BCUT2D eigenvalue weighted by atomic mass is 10.2. The Morgan fingerprint density at radius 1 is 0.513 bits per heavy atom. The quantitative estimate of drug-likeness (QED) is 0.0113. The van der Waals surface area contributed by atoms with Crippen molar-refractivity contribution in [3.05, 3.63) is 127 Å². The number of benzene rings is 4. The van der Waals surface area contributed by atoms with Gasteiger partial charge in [-0.1, -0.05) is 49.6 Å². The van der Waals surface area contributed by atoms with Gasteiger partial charge in [0.25, 0.3) is 0 Å². The normalized spacial score (nSPS) is 13.3. The molecule has 0 saturated carbocycles. The highest BCUT2D eigenvalue weighted by Gasteiger charge is 2.84. The van der Waals surface area contributed by atoms with Gasteiger partial charge in [0, 0.05) is 11.3 Å². The van der Waals surface area contributed by atoms with Crippen molar-refractivity contribution in [1.29, 1.82) is 0 Å². The number of esters is 2. The number of rotatable bonds is 26. The fourth-order valence-corrected chi connectivity index (χ4v) is 9.49. The van der Waals surface area contributed by atoms with Gasteiger partial charge in [0.2, 0.25) is 0 Å². The second-order valence-electron chi connectivity index (χ2n) is 14.7. The van der Waals surface area contributed by atoms with Crippen molar-refractivity contribution in [2.75, 3.05) is 18.1 Å². The van der Waals surface area contributed by atoms with Crippen LogP contribution >= 0.6 is 11.8 Å². The van der Waals surface area contributed by atoms with E-state index in [2.05, 4.69) is 21.5 Å². The van der Waals surface area contributed by atoms with E-state index in [0.29, 0.717) is 52.6 Å². The lowest BCUT2D eigenvalue weighted by Crippen LogP contribution is -2.61. The lowest BCUT2D eigenvalue weighted by Gasteiger charge is -2.29. The minimum Gasteiger partial charge on any atom is -0.461 e. The first-order chi connectivity index (χ1) is 35.4. The maximum atomic E-state index is 13.8. The molecule has 78 heavy (non-hydrogen) atoms. The molecule has 0 aliphatic carbocycles. The van der Waals surface area contributed by atoms with Gasteiger partial charge in [-0.25, -0.2) is 4.79 Å². The van der Waals surface area contributed by atoms with Crippen LogP contribution in [-0.4, -0.2) is 114 Å². The van der Waals surface area contributed by atoms with E-state index < -0.39 is 125 Å². The van der Waals surface area contributed by atoms with Crippen LogP contribution in [0.2, 0.25) is 0 Å². The largest absolute Gasteiger partial charge is 0.461 e. The first-order valence-corrected chi connectivity index (χ1v) is 28.4. The third-order valence-electron chi connectivity index (χ3n) is 9.11. The van der Waals surface area contributed by atoms with Crippen LogP contribution in [0.25, 0.3) is 12.2 Å². The first kappa shape index (κ1) is 66.2. The standard InChI is InChI=1S/C21H18F6O8S3.C20H16F6O11S3/c1-2-14-5-7-15(8-6-14)34-18(28)4-3-13-36-17-11-9-16(10-12-17)35-38(32,33)21(26,27)19(22,23)20(24,25)37(29,30)31;1-2-13-3-7-15(8-4-13)36-38(28,29)12-11-35-17(27)14-5-9-16(10-6-14)37-40(33,34)20(25,26)18(21,22)19(23,24)39(30,31)32/h2,5-12H,1,3-4,13H2,(H,29,30,31);2-10H,1,11-12H2,(H,30,31,32). The third-order valence-corrected chi connectivity index (χ3v) is 15.7. The Labute approximate surface area is 438 Å². The van der Waals surface area contributed by atoms with Gasteiger partial charge in [0.15, 0.2) is 0 Å². The number of hydrogen-bond acceptors (Lipinski definition) is 18. The average molecular weight is 1250 g/mol.